The second-order valence-corrected chi connectivity index (χ2v) is 2.76. The van der Waals surface area contributed by atoms with Gasteiger partial charge in [-0.1, -0.05) is 6.92 Å². The van der Waals surface area contributed by atoms with Gasteiger partial charge in [-0.15, -0.1) is 0 Å². The summed E-state index contributed by atoms with van der Waals surface area (Å²) >= 11 is 0. The molecule has 4 heteroatoms. The van der Waals surface area contributed by atoms with Crippen LogP contribution in [0.1, 0.15) is 25.1 Å². The van der Waals surface area contributed by atoms with Crippen LogP contribution in [0.3, 0.4) is 0 Å². The molecule has 70 valence electrons. The minimum absolute atomic E-state index is 0.506. The van der Waals surface area contributed by atoms with Crippen molar-refractivity contribution in [1.82, 2.24) is 9.55 Å². The number of nitriles is 1. The highest BCUT2D eigenvalue weighted by atomic mass is 16.5. The Morgan fingerprint density at radius 1 is 1.77 bits per heavy atom. The van der Waals surface area contributed by atoms with Crippen molar-refractivity contribution < 1.29 is 4.74 Å². The molecule has 1 atom stereocenters. The molecule has 4 nitrogen and oxygen atoms in total. The van der Waals surface area contributed by atoms with Crippen molar-refractivity contribution in [2.24, 2.45) is 0 Å². The van der Waals surface area contributed by atoms with Gasteiger partial charge in [-0.3, -0.25) is 0 Å². The molecule has 0 radical (unpaired) electrons. The normalized spacial score (nSPS) is 12.4. The Kier molecular flexibility index (Phi) is 3.47. The molecule has 1 heterocycles. The molecule has 0 saturated heterocycles. The fourth-order valence-corrected chi connectivity index (χ4v) is 1.22. The molecule has 0 spiro atoms. The number of rotatable bonds is 4. The molecule has 0 aliphatic carbocycles. The Bertz CT molecular complexity index is 300. The monoisotopic (exact) mass is 179 g/mol. The van der Waals surface area contributed by atoms with E-state index in [1.807, 2.05) is 4.57 Å². The van der Waals surface area contributed by atoms with Gasteiger partial charge in [0.25, 0.3) is 0 Å². The molecule has 0 N–H and O–H groups in total. The van der Waals surface area contributed by atoms with Crippen molar-refractivity contribution in [1.29, 1.82) is 5.26 Å². The largest absolute Gasteiger partial charge is 0.360 e. The van der Waals surface area contributed by atoms with E-state index in [2.05, 4.69) is 18.0 Å². The average molecular weight is 179 g/mol. The van der Waals surface area contributed by atoms with E-state index in [0.717, 1.165) is 18.7 Å². The van der Waals surface area contributed by atoms with Crippen molar-refractivity contribution >= 4 is 0 Å². The summed E-state index contributed by atoms with van der Waals surface area (Å²) in [5, 5.41) is 8.77. The smallest absolute Gasteiger partial charge is 0.184 e. The maximum Gasteiger partial charge on any atom is 0.184 e. The van der Waals surface area contributed by atoms with E-state index in [0.29, 0.717) is 0 Å². The molecule has 0 saturated carbocycles. The molecule has 0 aromatic carbocycles. The van der Waals surface area contributed by atoms with Crippen LogP contribution in [0.15, 0.2) is 12.5 Å². The van der Waals surface area contributed by atoms with Gasteiger partial charge in [-0.25, -0.2) is 4.98 Å². The quantitative estimate of drug-likeness (QED) is 0.703. The van der Waals surface area contributed by atoms with Gasteiger partial charge in [-0.2, -0.15) is 5.26 Å². The highest BCUT2D eigenvalue weighted by molar-refractivity contribution is 5.10. The van der Waals surface area contributed by atoms with Crippen LogP contribution in [-0.4, -0.2) is 16.7 Å². The van der Waals surface area contributed by atoms with Crippen LogP contribution in [0.2, 0.25) is 0 Å². The van der Waals surface area contributed by atoms with E-state index in [-0.39, 0.29) is 0 Å². The van der Waals surface area contributed by atoms with Gasteiger partial charge in [0.05, 0.1) is 18.2 Å². The Morgan fingerprint density at radius 2 is 2.54 bits per heavy atom. The van der Waals surface area contributed by atoms with E-state index in [1.54, 1.807) is 12.5 Å². The number of aromatic nitrogens is 2. The fraction of sp³-hybridized carbons (Fsp3) is 0.556. The van der Waals surface area contributed by atoms with Gasteiger partial charge < -0.3 is 9.30 Å². The van der Waals surface area contributed by atoms with E-state index in [1.165, 1.54) is 7.11 Å². The van der Waals surface area contributed by atoms with Gasteiger partial charge in [0.15, 0.2) is 6.10 Å². The minimum atomic E-state index is -0.506. The van der Waals surface area contributed by atoms with Gasteiger partial charge in [0.1, 0.15) is 6.07 Å². The summed E-state index contributed by atoms with van der Waals surface area (Å²) < 4.78 is 6.95. The molecule has 0 amide bonds. The average Bonchev–Trinajstić information content (AvgIpc) is 2.57. The third-order valence-corrected chi connectivity index (χ3v) is 1.83. The fourth-order valence-electron chi connectivity index (χ4n) is 1.22. The lowest BCUT2D eigenvalue weighted by Gasteiger charge is -2.09. The lowest BCUT2D eigenvalue weighted by Crippen LogP contribution is -2.07. The van der Waals surface area contributed by atoms with Crippen LogP contribution < -0.4 is 0 Å². The van der Waals surface area contributed by atoms with E-state index >= 15 is 0 Å². The van der Waals surface area contributed by atoms with E-state index < -0.39 is 6.10 Å². The van der Waals surface area contributed by atoms with Crippen LogP contribution >= 0.6 is 0 Å². The van der Waals surface area contributed by atoms with Gasteiger partial charge >= 0.3 is 0 Å². The third-order valence-electron chi connectivity index (χ3n) is 1.83. The highest BCUT2D eigenvalue weighted by Gasteiger charge is 2.13. The highest BCUT2D eigenvalue weighted by Crippen LogP contribution is 2.14. The zero-order chi connectivity index (χ0) is 9.68. The predicted molar refractivity (Wildman–Crippen MR) is 47.9 cm³/mol. The number of hydrogen-bond donors (Lipinski definition) is 0. The molecule has 1 aromatic heterocycles. The minimum Gasteiger partial charge on any atom is -0.360 e. The Morgan fingerprint density at radius 3 is 3.08 bits per heavy atom. The van der Waals surface area contributed by atoms with Crippen LogP contribution in [0.4, 0.5) is 0 Å². The van der Waals surface area contributed by atoms with E-state index in [9.17, 15) is 0 Å². The Balaban J connectivity index is 2.86. The number of ether oxygens (including phenoxy) is 1. The summed E-state index contributed by atoms with van der Waals surface area (Å²) in [5.41, 5.74) is 0.826. The van der Waals surface area contributed by atoms with Crippen molar-refractivity contribution in [2.75, 3.05) is 7.11 Å². The topological polar surface area (TPSA) is 50.8 Å². The second kappa shape index (κ2) is 4.63. The molecule has 0 bridgehead atoms. The first-order chi connectivity index (χ1) is 6.33. The van der Waals surface area contributed by atoms with Crippen LogP contribution in [0, 0.1) is 11.3 Å². The predicted octanol–water partition coefficient (Wildman–Crippen LogP) is 1.50. The lowest BCUT2D eigenvalue weighted by molar-refractivity contribution is 0.141. The summed E-state index contributed by atoms with van der Waals surface area (Å²) in [4.78, 5) is 3.99. The Hall–Kier alpha value is -1.34. The first kappa shape index (κ1) is 9.75. The van der Waals surface area contributed by atoms with Crippen LogP contribution in [-0.2, 0) is 11.3 Å². The molecule has 1 unspecified atom stereocenters. The maximum atomic E-state index is 8.77. The molecular weight excluding hydrogens is 166 g/mol. The molecule has 0 aliphatic heterocycles. The van der Waals surface area contributed by atoms with Crippen molar-refractivity contribution in [3.63, 3.8) is 0 Å². The summed E-state index contributed by atoms with van der Waals surface area (Å²) in [6.45, 7) is 2.95. The zero-order valence-electron chi connectivity index (χ0n) is 7.90. The number of aryl methyl sites for hydroxylation is 1. The first-order valence-corrected chi connectivity index (χ1v) is 4.26. The SMILES string of the molecule is CCCn1cncc1C(C#N)OC. The molecule has 0 aliphatic rings. The maximum absolute atomic E-state index is 8.77. The molecule has 1 rings (SSSR count). The first-order valence-electron chi connectivity index (χ1n) is 4.26. The molecule has 1 aromatic rings. The molecule has 0 fully saturated rings. The number of methoxy groups -OCH3 is 1. The number of hydrogen-bond acceptors (Lipinski definition) is 3. The lowest BCUT2D eigenvalue weighted by atomic mass is 10.3. The van der Waals surface area contributed by atoms with Crippen molar-refractivity contribution in [3.8, 4) is 6.07 Å². The van der Waals surface area contributed by atoms with Gasteiger partial charge in [-0.05, 0) is 6.42 Å². The number of imidazole rings is 1. The van der Waals surface area contributed by atoms with Crippen molar-refractivity contribution in [3.05, 3.63) is 18.2 Å². The van der Waals surface area contributed by atoms with Gasteiger partial charge in [0.2, 0.25) is 0 Å². The standard InChI is InChI=1S/C9H13N3O/c1-3-4-12-7-11-6-8(12)9(5-10)13-2/h6-7,9H,3-4H2,1-2H3. The third kappa shape index (κ3) is 2.07. The number of nitrogens with zero attached hydrogens (tertiary/aromatic N) is 3. The van der Waals surface area contributed by atoms with E-state index in [4.69, 9.17) is 10.00 Å². The summed E-state index contributed by atoms with van der Waals surface area (Å²) in [7, 11) is 1.52. The summed E-state index contributed by atoms with van der Waals surface area (Å²) in [5.74, 6) is 0. The van der Waals surface area contributed by atoms with Crippen LogP contribution in [0.25, 0.3) is 0 Å². The van der Waals surface area contributed by atoms with Gasteiger partial charge in [0, 0.05) is 13.7 Å². The molecule has 13 heavy (non-hydrogen) atoms. The van der Waals surface area contributed by atoms with Crippen molar-refractivity contribution in [2.45, 2.75) is 26.0 Å². The second-order valence-electron chi connectivity index (χ2n) is 2.76. The molecular formula is C9H13N3O. The Labute approximate surface area is 77.8 Å². The summed E-state index contributed by atoms with van der Waals surface area (Å²) in [6.07, 6.45) is 3.91. The zero-order valence-corrected chi connectivity index (χ0v) is 7.90. The summed E-state index contributed by atoms with van der Waals surface area (Å²) in [6, 6.07) is 2.07. The van der Waals surface area contributed by atoms with Crippen LogP contribution in [0.5, 0.6) is 0 Å².